The molecule has 0 aliphatic heterocycles. The zero-order valence-corrected chi connectivity index (χ0v) is 12.9. The van der Waals surface area contributed by atoms with Crippen molar-refractivity contribution in [1.29, 1.82) is 0 Å². The molecule has 1 unspecified atom stereocenters. The van der Waals surface area contributed by atoms with Gasteiger partial charge in [0.25, 0.3) is 0 Å². The molecule has 0 saturated heterocycles. The van der Waals surface area contributed by atoms with Gasteiger partial charge in [-0.05, 0) is 36.5 Å². The van der Waals surface area contributed by atoms with Crippen LogP contribution in [0.25, 0.3) is 0 Å². The van der Waals surface area contributed by atoms with Gasteiger partial charge in [0.1, 0.15) is 0 Å². The van der Waals surface area contributed by atoms with Gasteiger partial charge in [0, 0.05) is 4.90 Å². The van der Waals surface area contributed by atoms with Gasteiger partial charge >= 0.3 is 0 Å². The fraction of sp³-hybridized carbons (Fsp3) is 0.500. The molecule has 0 radical (unpaired) electrons. The van der Waals surface area contributed by atoms with E-state index in [1.165, 1.54) is 5.56 Å². The molecule has 0 nitrogen and oxygen atoms in total. The molecule has 0 amide bonds. The van der Waals surface area contributed by atoms with Crippen molar-refractivity contribution in [3.63, 3.8) is 0 Å². The van der Waals surface area contributed by atoms with Gasteiger partial charge in [-0.1, -0.05) is 52.8 Å². The summed E-state index contributed by atoms with van der Waals surface area (Å²) in [4.78, 5) is 1.02. The van der Waals surface area contributed by atoms with Gasteiger partial charge in [-0.3, -0.25) is 0 Å². The first-order valence-electron chi connectivity index (χ1n) is 6.66. The first kappa shape index (κ1) is 18.7. The second-order valence-electron chi connectivity index (χ2n) is 3.27. The molecule has 0 aliphatic carbocycles. The molecule has 1 atom stereocenters. The van der Waals surface area contributed by atoms with Gasteiger partial charge in [-0.2, -0.15) is 0 Å². The molecule has 0 aromatic heterocycles. The number of hydrogen-bond donors (Lipinski definition) is 1. The second kappa shape index (κ2) is 13.4. The topological polar surface area (TPSA) is 0 Å². The number of rotatable bonds is 4. The molecule has 0 saturated carbocycles. The minimum atomic E-state index is 0.603. The Morgan fingerprint density at radius 3 is 1.94 bits per heavy atom. The van der Waals surface area contributed by atoms with E-state index in [0.29, 0.717) is 5.92 Å². The van der Waals surface area contributed by atoms with Crippen LogP contribution in [0.5, 0.6) is 0 Å². The van der Waals surface area contributed by atoms with E-state index in [2.05, 4.69) is 38.3 Å². The van der Waals surface area contributed by atoms with E-state index < -0.39 is 0 Å². The highest BCUT2D eigenvalue weighted by atomic mass is 32.1. The molecule has 0 N–H and O–H groups in total. The van der Waals surface area contributed by atoms with E-state index in [-0.39, 0.29) is 0 Å². The fourth-order valence-electron chi connectivity index (χ4n) is 1.33. The van der Waals surface area contributed by atoms with E-state index in [4.69, 9.17) is 0 Å². The van der Waals surface area contributed by atoms with Gasteiger partial charge < -0.3 is 0 Å². The highest BCUT2D eigenvalue weighted by molar-refractivity contribution is 7.80. The third-order valence-electron chi connectivity index (χ3n) is 2.29. The van der Waals surface area contributed by atoms with Crippen LogP contribution in [0, 0.1) is 5.92 Å². The van der Waals surface area contributed by atoms with Crippen LogP contribution in [-0.2, 0) is 6.42 Å². The van der Waals surface area contributed by atoms with Crippen molar-refractivity contribution in [2.24, 2.45) is 5.92 Å². The molecule has 0 fully saturated rings. The zero-order valence-electron chi connectivity index (χ0n) is 12.0. The van der Waals surface area contributed by atoms with Gasteiger partial charge in [-0.25, -0.2) is 0 Å². The van der Waals surface area contributed by atoms with Gasteiger partial charge in [0.15, 0.2) is 0 Å². The standard InChI is InChI=1S/C12H16S.2C2H6/c1-3-10(4-2)9-11-5-7-12(13)8-6-11;2*1-2/h3,5-8,10,13H,1,4,9H2,2H3;2*1-2H3. The van der Waals surface area contributed by atoms with Crippen LogP contribution < -0.4 is 0 Å². The summed E-state index contributed by atoms with van der Waals surface area (Å²) in [6.45, 7) is 14.0. The third-order valence-corrected chi connectivity index (χ3v) is 2.59. The molecule has 98 valence electrons. The lowest BCUT2D eigenvalue weighted by Crippen LogP contribution is -1.98. The quantitative estimate of drug-likeness (QED) is 0.509. The predicted molar refractivity (Wildman–Crippen MR) is 84.1 cm³/mol. The van der Waals surface area contributed by atoms with Gasteiger partial charge in [0.05, 0.1) is 0 Å². The molecule has 0 bridgehead atoms. The Labute approximate surface area is 114 Å². The Morgan fingerprint density at radius 1 is 1.12 bits per heavy atom. The van der Waals surface area contributed by atoms with Crippen molar-refractivity contribution < 1.29 is 0 Å². The normalized spacial score (nSPS) is 10.2. The maximum Gasteiger partial charge on any atom is 0.00401 e. The molecule has 0 spiro atoms. The highest BCUT2D eigenvalue weighted by Crippen LogP contribution is 2.14. The van der Waals surface area contributed by atoms with Crippen LogP contribution in [0.2, 0.25) is 0 Å². The number of allylic oxidation sites excluding steroid dienone is 1. The smallest absolute Gasteiger partial charge is 0.00401 e. The maximum absolute atomic E-state index is 4.25. The van der Waals surface area contributed by atoms with Crippen LogP contribution >= 0.6 is 12.6 Å². The fourth-order valence-corrected chi connectivity index (χ4v) is 1.48. The van der Waals surface area contributed by atoms with Crippen LogP contribution in [0.1, 0.15) is 46.6 Å². The molecule has 1 aromatic carbocycles. The summed E-state index contributed by atoms with van der Waals surface area (Å²) < 4.78 is 0. The molecule has 0 heterocycles. The van der Waals surface area contributed by atoms with Crippen molar-refractivity contribution in [3.05, 3.63) is 42.5 Å². The van der Waals surface area contributed by atoms with Crippen molar-refractivity contribution in [2.75, 3.05) is 0 Å². The van der Waals surface area contributed by atoms with Crippen LogP contribution in [0.4, 0.5) is 0 Å². The van der Waals surface area contributed by atoms with Crippen molar-refractivity contribution in [3.8, 4) is 0 Å². The Bertz CT molecular complexity index is 261. The van der Waals surface area contributed by atoms with E-state index in [1.807, 2.05) is 45.9 Å². The summed E-state index contributed by atoms with van der Waals surface area (Å²) in [7, 11) is 0. The number of thiol groups is 1. The summed E-state index contributed by atoms with van der Waals surface area (Å²) in [5.41, 5.74) is 1.37. The summed E-state index contributed by atoms with van der Waals surface area (Å²) in [5, 5.41) is 0. The Morgan fingerprint density at radius 2 is 1.59 bits per heavy atom. The average molecular weight is 252 g/mol. The Balaban J connectivity index is 0. The van der Waals surface area contributed by atoms with E-state index in [1.54, 1.807) is 0 Å². The zero-order chi connectivity index (χ0) is 13.7. The number of benzene rings is 1. The van der Waals surface area contributed by atoms with E-state index in [9.17, 15) is 0 Å². The van der Waals surface area contributed by atoms with Crippen LogP contribution in [-0.4, -0.2) is 0 Å². The molecular weight excluding hydrogens is 224 g/mol. The Hall–Kier alpha value is -0.690. The lowest BCUT2D eigenvalue weighted by atomic mass is 9.97. The van der Waals surface area contributed by atoms with Crippen LogP contribution in [0.3, 0.4) is 0 Å². The molecule has 17 heavy (non-hydrogen) atoms. The summed E-state index contributed by atoms with van der Waals surface area (Å²) in [6, 6.07) is 8.34. The van der Waals surface area contributed by atoms with Gasteiger partial charge in [-0.15, -0.1) is 19.2 Å². The number of hydrogen-bond acceptors (Lipinski definition) is 1. The molecular formula is C16H28S. The van der Waals surface area contributed by atoms with E-state index >= 15 is 0 Å². The first-order chi connectivity index (χ1) is 8.26. The van der Waals surface area contributed by atoms with Crippen molar-refractivity contribution >= 4 is 12.6 Å². The maximum atomic E-state index is 4.25. The minimum absolute atomic E-state index is 0.603. The molecule has 1 heteroatoms. The average Bonchev–Trinajstić information content (AvgIpc) is 2.42. The minimum Gasteiger partial charge on any atom is -0.143 e. The van der Waals surface area contributed by atoms with Gasteiger partial charge in [0.2, 0.25) is 0 Å². The van der Waals surface area contributed by atoms with Crippen molar-refractivity contribution in [1.82, 2.24) is 0 Å². The lowest BCUT2D eigenvalue weighted by Gasteiger charge is -2.09. The highest BCUT2D eigenvalue weighted by Gasteiger charge is 2.01. The first-order valence-corrected chi connectivity index (χ1v) is 7.11. The molecule has 1 aromatic rings. The molecule has 0 aliphatic rings. The van der Waals surface area contributed by atoms with Crippen molar-refractivity contribution in [2.45, 2.75) is 52.4 Å². The third kappa shape index (κ3) is 9.05. The second-order valence-corrected chi connectivity index (χ2v) is 3.79. The predicted octanol–water partition coefficient (Wildman–Crippen LogP) is 5.78. The summed E-state index contributed by atoms with van der Waals surface area (Å²) >= 11 is 4.25. The Kier molecular flexibility index (Phi) is 14.7. The molecule has 1 rings (SSSR count). The van der Waals surface area contributed by atoms with E-state index in [0.717, 1.165) is 17.7 Å². The summed E-state index contributed by atoms with van der Waals surface area (Å²) in [5.74, 6) is 0.603. The SMILES string of the molecule is C=CC(CC)Cc1ccc(S)cc1.CC.CC. The monoisotopic (exact) mass is 252 g/mol. The van der Waals surface area contributed by atoms with Crippen LogP contribution in [0.15, 0.2) is 41.8 Å². The lowest BCUT2D eigenvalue weighted by molar-refractivity contribution is 0.625. The summed E-state index contributed by atoms with van der Waals surface area (Å²) in [6.07, 6.45) is 4.29. The largest absolute Gasteiger partial charge is 0.143 e.